The third-order valence-corrected chi connectivity index (χ3v) is 4.34. The van der Waals surface area contributed by atoms with Crippen LogP contribution in [0.2, 0.25) is 0 Å². The molecule has 0 saturated carbocycles. The highest BCUT2D eigenvalue weighted by molar-refractivity contribution is 5.38. The lowest BCUT2D eigenvalue weighted by Gasteiger charge is -2.32. The predicted octanol–water partition coefficient (Wildman–Crippen LogP) is 5.69. The number of rotatable bonds is 7. The van der Waals surface area contributed by atoms with Gasteiger partial charge in [0.2, 0.25) is 0 Å². The Bertz CT molecular complexity index is 554. The first kappa shape index (κ1) is 19.2. The van der Waals surface area contributed by atoms with E-state index in [0.29, 0.717) is 13.1 Å². The highest BCUT2D eigenvalue weighted by Crippen LogP contribution is 2.40. The van der Waals surface area contributed by atoms with Crippen LogP contribution < -0.4 is 0 Å². The molecule has 1 rings (SSSR count). The van der Waals surface area contributed by atoms with Crippen LogP contribution in [0.15, 0.2) is 58.7 Å². The van der Waals surface area contributed by atoms with E-state index in [1.807, 2.05) is 25.2 Å². The minimum Gasteiger partial charge on any atom is -0.464 e. The molecule has 2 nitrogen and oxygen atoms in total. The lowest BCUT2D eigenvalue weighted by atomic mass is 9.72. The first-order valence-electron chi connectivity index (χ1n) is 8.32. The van der Waals surface area contributed by atoms with E-state index >= 15 is 0 Å². The van der Waals surface area contributed by atoms with Crippen molar-refractivity contribution < 1.29 is 9.53 Å². The first-order chi connectivity index (χ1) is 10.9. The maximum atomic E-state index is 10.1. The van der Waals surface area contributed by atoms with Crippen LogP contribution in [0, 0.1) is 5.41 Å². The van der Waals surface area contributed by atoms with Crippen LogP contribution in [0.3, 0.4) is 0 Å². The summed E-state index contributed by atoms with van der Waals surface area (Å²) in [7, 11) is 0. The van der Waals surface area contributed by atoms with Crippen LogP contribution >= 0.6 is 0 Å². The molecule has 1 aliphatic carbocycles. The second-order valence-corrected chi connectivity index (χ2v) is 6.91. The molecule has 0 aromatic carbocycles. The summed E-state index contributed by atoms with van der Waals surface area (Å²) in [6.45, 7) is 11.8. The Hall–Kier alpha value is -1.83. The topological polar surface area (TPSA) is 26.3 Å². The summed E-state index contributed by atoms with van der Waals surface area (Å²) in [6, 6.07) is 0. The SMILES string of the molecule is CC1=C(/C=C/C(C)=C/C=C\C(C)=C\COC=O)C(C)(C)CCC1. The molecular formula is C21H30O2. The Balaban J connectivity index is 2.69. The Labute approximate surface area is 141 Å². The van der Waals surface area contributed by atoms with Crippen molar-refractivity contribution >= 4 is 6.47 Å². The Morgan fingerprint density at radius 3 is 2.61 bits per heavy atom. The summed E-state index contributed by atoms with van der Waals surface area (Å²) < 4.78 is 4.64. The van der Waals surface area contributed by atoms with Gasteiger partial charge >= 0.3 is 0 Å². The van der Waals surface area contributed by atoms with Gasteiger partial charge in [-0.25, -0.2) is 0 Å². The van der Waals surface area contributed by atoms with Gasteiger partial charge in [-0.3, -0.25) is 4.79 Å². The summed E-state index contributed by atoms with van der Waals surface area (Å²) in [4.78, 5) is 10.1. The zero-order valence-electron chi connectivity index (χ0n) is 15.2. The van der Waals surface area contributed by atoms with Crippen LogP contribution in [-0.4, -0.2) is 13.1 Å². The standard InChI is InChI=1S/C21H30O2/c1-17(8-6-9-18(2)13-15-23-16-22)11-12-20-19(3)10-7-14-21(20,4)5/h6,8-9,11-13,16H,7,10,14-15H2,1-5H3/b9-6-,12-11+,17-8+,18-13+. The highest BCUT2D eigenvalue weighted by Gasteiger charge is 2.26. The van der Waals surface area contributed by atoms with E-state index in [4.69, 9.17) is 0 Å². The summed E-state index contributed by atoms with van der Waals surface area (Å²) in [5.74, 6) is 0. The zero-order chi connectivity index (χ0) is 17.3. The molecule has 0 aromatic heterocycles. The van der Waals surface area contributed by atoms with Crippen LogP contribution in [0.25, 0.3) is 0 Å². The van der Waals surface area contributed by atoms with E-state index in [-0.39, 0.29) is 5.41 Å². The molecule has 0 aliphatic heterocycles. The summed E-state index contributed by atoms with van der Waals surface area (Å²) in [6.07, 6.45) is 16.3. The van der Waals surface area contributed by atoms with Crippen molar-refractivity contribution in [3.8, 4) is 0 Å². The van der Waals surface area contributed by atoms with Crippen molar-refractivity contribution in [2.24, 2.45) is 5.41 Å². The molecule has 23 heavy (non-hydrogen) atoms. The number of hydrogen-bond acceptors (Lipinski definition) is 2. The minimum atomic E-state index is 0.285. The first-order valence-corrected chi connectivity index (χ1v) is 8.32. The lowest BCUT2D eigenvalue weighted by molar-refractivity contribution is -0.127. The summed E-state index contributed by atoms with van der Waals surface area (Å²) >= 11 is 0. The van der Waals surface area contributed by atoms with Crippen LogP contribution in [-0.2, 0) is 9.53 Å². The maximum absolute atomic E-state index is 10.1. The molecule has 0 fully saturated rings. The largest absolute Gasteiger partial charge is 0.464 e. The third-order valence-electron chi connectivity index (χ3n) is 4.34. The van der Waals surface area contributed by atoms with Gasteiger partial charge in [0.1, 0.15) is 6.61 Å². The van der Waals surface area contributed by atoms with Gasteiger partial charge in [-0.15, -0.1) is 0 Å². The van der Waals surface area contributed by atoms with E-state index < -0.39 is 0 Å². The molecule has 0 atom stereocenters. The van der Waals surface area contributed by atoms with Crippen LogP contribution in [0.1, 0.15) is 53.9 Å². The second kappa shape index (κ2) is 9.34. The molecule has 0 saturated heterocycles. The molecule has 0 radical (unpaired) electrons. The predicted molar refractivity (Wildman–Crippen MR) is 98.1 cm³/mol. The Kier molecular flexibility index (Phi) is 7.80. The molecule has 0 aromatic rings. The van der Waals surface area contributed by atoms with Gasteiger partial charge in [0.05, 0.1) is 0 Å². The summed E-state index contributed by atoms with van der Waals surface area (Å²) in [5, 5.41) is 0. The molecule has 1 aliphatic rings. The molecule has 0 unspecified atom stereocenters. The van der Waals surface area contributed by atoms with Gasteiger partial charge in [-0.1, -0.05) is 60.9 Å². The normalized spacial score (nSPS) is 19.7. The molecule has 0 spiro atoms. The lowest BCUT2D eigenvalue weighted by Crippen LogP contribution is -2.19. The van der Waals surface area contributed by atoms with Crippen molar-refractivity contribution in [3.63, 3.8) is 0 Å². The number of hydrogen-bond donors (Lipinski definition) is 0. The average molecular weight is 314 g/mol. The van der Waals surface area contributed by atoms with E-state index in [2.05, 4.69) is 50.7 Å². The van der Waals surface area contributed by atoms with Crippen molar-refractivity contribution in [2.75, 3.05) is 6.61 Å². The van der Waals surface area contributed by atoms with E-state index in [0.717, 1.165) is 5.57 Å². The Morgan fingerprint density at radius 2 is 1.96 bits per heavy atom. The fourth-order valence-electron chi connectivity index (χ4n) is 2.92. The number of ether oxygens (including phenoxy) is 1. The van der Waals surface area contributed by atoms with E-state index in [1.54, 1.807) is 0 Å². The maximum Gasteiger partial charge on any atom is 0.293 e. The van der Waals surface area contributed by atoms with Crippen molar-refractivity contribution in [1.82, 2.24) is 0 Å². The van der Waals surface area contributed by atoms with Gasteiger partial charge in [0.15, 0.2) is 0 Å². The van der Waals surface area contributed by atoms with E-state index in [1.165, 1.54) is 36.0 Å². The van der Waals surface area contributed by atoms with Crippen molar-refractivity contribution in [3.05, 3.63) is 58.7 Å². The van der Waals surface area contributed by atoms with Gasteiger partial charge < -0.3 is 4.74 Å². The van der Waals surface area contributed by atoms with Gasteiger partial charge in [-0.05, 0) is 57.1 Å². The smallest absolute Gasteiger partial charge is 0.293 e. The number of carbonyl (C=O) groups is 1. The summed E-state index contributed by atoms with van der Waals surface area (Å²) in [5.41, 5.74) is 5.59. The molecule has 0 bridgehead atoms. The van der Waals surface area contributed by atoms with Gasteiger partial charge in [0, 0.05) is 0 Å². The zero-order valence-corrected chi connectivity index (χ0v) is 15.2. The van der Waals surface area contributed by atoms with Crippen molar-refractivity contribution in [1.29, 1.82) is 0 Å². The fourth-order valence-corrected chi connectivity index (χ4v) is 2.92. The molecule has 2 heteroatoms. The van der Waals surface area contributed by atoms with Crippen LogP contribution in [0.5, 0.6) is 0 Å². The molecule has 0 heterocycles. The minimum absolute atomic E-state index is 0.285. The number of carbonyl (C=O) groups excluding carboxylic acids is 1. The molecule has 0 amide bonds. The second-order valence-electron chi connectivity index (χ2n) is 6.91. The van der Waals surface area contributed by atoms with Crippen molar-refractivity contribution in [2.45, 2.75) is 53.9 Å². The highest BCUT2D eigenvalue weighted by atomic mass is 16.5. The fraction of sp³-hybridized carbons (Fsp3) is 0.476. The van der Waals surface area contributed by atoms with Gasteiger partial charge in [-0.2, -0.15) is 0 Å². The quantitative estimate of drug-likeness (QED) is 0.343. The molecule has 0 N–H and O–H groups in total. The van der Waals surface area contributed by atoms with E-state index in [9.17, 15) is 4.79 Å². The third kappa shape index (κ3) is 6.85. The molecule has 126 valence electrons. The van der Waals surface area contributed by atoms with Crippen LogP contribution in [0.4, 0.5) is 0 Å². The monoisotopic (exact) mass is 314 g/mol. The number of allylic oxidation sites excluding steroid dienone is 9. The molecular weight excluding hydrogens is 284 g/mol. The van der Waals surface area contributed by atoms with Gasteiger partial charge in [0.25, 0.3) is 6.47 Å². The average Bonchev–Trinajstić information content (AvgIpc) is 2.46. The Morgan fingerprint density at radius 1 is 1.22 bits per heavy atom.